The number of hydrogen-bond donors (Lipinski definition) is 0. The summed E-state index contributed by atoms with van der Waals surface area (Å²) in [5, 5.41) is 9.05. The third-order valence-electron chi connectivity index (χ3n) is 3.82. The predicted octanol–water partition coefficient (Wildman–Crippen LogP) is 2.58. The lowest BCUT2D eigenvalue weighted by atomic mass is 10.1. The van der Waals surface area contributed by atoms with Gasteiger partial charge in [-0.1, -0.05) is 30.3 Å². The average molecular weight is 337 g/mol. The largest absolute Gasteiger partial charge is 0.497 e. The van der Waals surface area contributed by atoms with Crippen LogP contribution >= 0.6 is 0 Å². The topological polar surface area (TPSA) is 66.2 Å². The first-order chi connectivity index (χ1) is 12.2. The Labute approximate surface area is 146 Å². The quantitative estimate of drug-likeness (QED) is 0.647. The lowest BCUT2D eigenvalue weighted by Crippen LogP contribution is -2.07. The van der Waals surface area contributed by atoms with Crippen LogP contribution in [0, 0.1) is 0 Å². The predicted molar refractivity (Wildman–Crippen MR) is 92.9 cm³/mol. The molecule has 3 aromatic rings. The van der Waals surface area contributed by atoms with Crippen LogP contribution < -0.4 is 4.74 Å². The Hall–Kier alpha value is -3.15. The molecule has 128 valence electrons. The molecule has 0 radical (unpaired) electrons. The molecule has 0 N–H and O–H groups in total. The van der Waals surface area contributed by atoms with Gasteiger partial charge in [-0.15, -0.1) is 0 Å². The summed E-state index contributed by atoms with van der Waals surface area (Å²) >= 11 is 0. The van der Waals surface area contributed by atoms with E-state index in [1.165, 1.54) is 7.11 Å². The molecule has 0 bridgehead atoms. The van der Waals surface area contributed by atoms with Crippen molar-refractivity contribution in [2.75, 3.05) is 14.2 Å². The summed E-state index contributed by atoms with van der Waals surface area (Å²) in [5.41, 5.74) is 3.27. The molecule has 0 fully saturated rings. The van der Waals surface area contributed by atoms with Crippen molar-refractivity contribution in [3.63, 3.8) is 0 Å². The van der Waals surface area contributed by atoms with Crippen molar-refractivity contribution in [2.45, 2.75) is 12.8 Å². The van der Waals surface area contributed by atoms with Gasteiger partial charge in [0.05, 0.1) is 37.7 Å². The van der Waals surface area contributed by atoms with Crippen LogP contribution in [0.1, 0.15) is 17.0 Å². The normalized spacial score (nSPS) is 10.5. The maximum atomic E-state index is 11.7. The smallest absolute Gasteiger partial charge is 0.311 e. The third-order valence-corrected chi connectivity index (χ3v) is 3.82. The van der Waals surface area contributed by atoms with Crippen molar-refractivity contribution in [3.05, 3.63) is 71.5 Å². The van der Waals surface area contributed by atoms with E-state index in [9.17, 15) is 4.79 Å². The van der Waals surface area contributed by atoms with Crippen LogP contribution in [0.3, 0.4) is 0 Å². The fraction of sp³-hybridized carbons (Fsp3) is 0.211. The molecule has 0 atom stereocenters. The van der Waals surface area contributed by atoms with Crippen molar-refractivity contribution < 1.29 is 14.3 Å². The highest BCUT2D eigenvalue weighted by Gasteiger charge is 2.16. The Kier molecular flexibility index (Phi) is 5.09. The Balaban J connectivity index is 1.91. The molecule has 3 rings (SSSR count). The van der Waals surface area contributed by atoms with Gasteiger partial charge in [-0.3, -0.25) is 4.79 Å². The molecular formula is C19H19N3O3. The summed E-state index contributed by atoms with van der Waals surface area (Å²) < 4.78 is 9.95. The first-order valence-corrected chi connectivity index (χ1v) is 7.90. The second-order valence-corrected chi connectivity index (χ2v) is 5.50. The number of ether oxygens (including phenoxy) is 2. The molecule has 0 unspecified atom stereocenters. The van der Waals surface area contributed by atoms with Gasteiger partial charge in [0.25, 0.3) is 0 Å². The molecule has 1 aromatic heterocycles. The number of esters is 1. The summed E-state index contributed by atoms with van der Waals surface area (Å²) in [4.78, 5) is 13.3. The molecule has 0 saturated heterocycles. The number of methoxy groups -OCH3 is 2. The first-order valence-electron chi connectivity index (χ1n) is 7.90. The third kappa shape index (κ3) is 4.03. The van der Waals surface area contributed by atoms with Gasteiger partial charge in [0.15, 0.2) is 0 Å². The first kappa shape index (κ1) is 16.7. The number of benzene rings is 2. The van der Waals surface area contributed by atoms with Gasteiger partial charge in [0, 0.05) is 6.42 Å². The van der Waals surface area contributed by atoms with Gasteiger partial charge in [-0.25, -0.2) is 0 Å². The van der Waals surface area contributed by atoms with Crippen LogP contribution in [0.5, 0.6) is 5.75 Å². The number of carbonyl (C=O) groups is 1. The van der Waals surface area contributed by atoms with Gasteiger partial charge >= 0.3 is 5.97 Å². The molecule has 0 amide bonds. The molecule has 0 aliphatic carbocycles. The number of carbonyl (C=O) groups excluding carboxylic acids is 1. The molecule has 0 spiro atoms. The number of para-hydroxylation sites is 1. The SMILES string of the molecule is COC(=O)Cc1nn(-c2ccccc2)nc1Cc1ccc(OC)cc1. The zero-order valence-corrected chi connectivity index (χ0v) is 14.2. The van der Waals surface area contributed by atoms with Gasteiger partial charge in [0.2, 0.25) is 0 Å². The second kappa shape index (κ2) is 7.61. The van der Waals surface area contributed by atoms with E-state index in [0.29, 0.717) is 12.1 Å². The van der Waals surface area contributed by atoms with E-state index < -0.39 is 0 Å². The fourth-order valence-corrected chi connectivity index (χ4v) is 2.46. The molecule has 0 saturated carbocycles. The Morgan fingerprint density at radius 2 is 1.64 bits per heavy atom. The van der Waals surface area contributed by atoms with Crippen LogP contribution in [-0.2, 0) is 22.4 Å². The van der Waals surface area contributed by atoms with Gasteiger partial charge in [-0.05, 0) is 29.8 Å². The van der Waals surface area contributed by atoms with E-state index in [0.717, 1.165) is 22.7 Å². The standard InChI is InChI=1S/C19H19N3O3/c1-24-16-10-8-14(9-11-16)12-17-18(13-19(23)25-2)21-22(20-17)15-6-4-3-5-7-15/h3-11H,12-13H2,1-2H3. The second-order valence-electron chi connectivity index (χ2n) is 5.50. The molecule has 6 nitrogen and oxygen atoms in total. The van der Waals surface area contributed by atoms with Crippen LogP contribution in [-0.4, -0.2) is 35.2 Å². The van der Waals surface area contributed by atoms with E-state index >= 15 is 0 Å². The number of hydrogen-bond acceptors (Lipinski definition) is 5. The number of aromatic nitrogens is 3. The Bertz CT molecular complexity index is 842. The highest BCUT2D eigenvalue weighted by molar-refractivity contribution is 5.72. The van der Waals surface area contributed by atoms with E-state index in [2.05, 4.69) is 10.2 Å². The Morgan fingerprint density at radius 3 is 2.28 bits per heavy atom. The summed E-state index contributed by atoms with van der Waals surface area (Å²) in [7, 11) is 3.00. The average Bonchev–Trinajstić information content (AvgIpc) is 3.05. The van der Waals surface area contributed by atoms with Crippen LogP contribution in [0.15, 0.2) is 54.6 Å². The van der Waals surface area contributed by atoms with E-state index in [1.807, 2.05) is 54.6 Å². The van der Waals surface area contributed by atoms with Crippen molar-refractivity contribution in [1.82, 2.24) is 15.0 Å². The van der Waals surface area contributed by atoms with Crippen LogP contribution in [0.25, 0.3) is 5.69 Å². The Morgan fingerprint density at radius 1 is 0.960 bits per heavy atom. The van der Waals surface area contributed by atoms with Gasteiger partial charge < -0.3 is 9.47 Å². The summed E-state index contributed by atoms with van der Waals surface area (Å²) in [6, 6.07) is 17.3. The van der Waals surface area contributed by atoms with Crippen LogP contribution in [0.4, 0.5) is 0 Å². The minimum absolute atomic E-state index is 0.0921. The lowest BCUT2D eigenvalue weighted by molar-refractivity contribution is -0.139. The number of rotatable bonds is 6. The maximum absolute atomic E-state index is 11.7. The fourth-order valence-electron chi connectivity index (χ4n) is 2.46. The molecule has 0 aliphatic heterocycles. The summed E-state index contributed by atoms with van der Waals surface area (Å²) in [5.74, 6) is 0.461. The zero-order valence-electron chi connectivity index (χ0n) is 14.2. The lowest BCUT2D eigenvalue weighted by Gasteiger charge is -2.03. The summed E-state index contributed by atoms with van der Waals surface area (Å²) in [6.45, 7) is 0. The highest BCUT2D eigenvalue weighted by atomic mass is 16.5. The maximum Gasteiger partial charge on any atom is 0.311 e. The molecule has 1 heterocycles. The monoisotopic (exact) mass is 337 g/mol. The highest BCUT2D eigenvalue weighted by Crippen LogP contribution is 2.17. The minimum atomic E-state index is -0.337. The van der Waals surface area contributed by atoms with E-state index in [1.54, 1.807) is 11.9 Å². The summed E-state index contributed by atoms with van der Waals surface area (Å²) in [6.07, 6.45) is 0.665. The van der Waals surface area contributed by atoms with E-state index in [4.69, 9.17) is 9.47 Å². The molecular weight excluding hydrogens is 318 g/mol. The zero-order chi connectivity index (χ0) is 17.6. The molecule has 6 heteroatoms. The van der Waals surface area contributed by atoms with Crippen molar-refractivity contribution in [1.29, 1.82) is 0 Å². The molecule has 2 aromatic carbocycles. The molecule has 0 aliphatic rings. The van der Waals surface area contributed by atoms with Crippen molar-refractivity contribution in [3.8, 4) is 11.4 Å². The number of nitrogens with zero attached hydrogens (tertiary/aromatic N) is 3. The van der Waals surface area contributed by atoms with Crippen LogP contribution in [0.2, 0.25) is 0 Å². The molecule has 25 heavy (non-hydrogen) atoms. The minimum Gasteiger partial charge on any atom is -0.497 e. The van der Waals surface area contributed by atoms with Gasteiger partial charge in [0.1, 0.15) is 5.75 Å². The van der Waals surface area contributed by atoms with Gasteiger partial charge in [-0.2, -0.15) is 15.0 Å². The van der Waals surface area contributed by atoms with E-state index in [-0.39, 0.29) is 12.4 Å². The van der Waals surface area contributed by atoms with Crippen molar-refractivity contribution in [2.24, 2.45) is 0 Å². The van der Waals surface area contributed by atoms with Crippen molar-refractivity contribution >= 4 is 5.97 Å².